The summed E-state index contributed by atoms with van der Waals surface area (Å²) in [6.07, 6.45) is 0. The zero-order valence-electron chi connectivity index (χ0n) is 18.1. The van der Waals surface area contributed by atoms with Crippen LogP contribution in [0.5, 0.6) is 0 Å². The van der Waals surface area contributed by atoms with E-state index in [0.717, 1.165) is 46.6 Å². The first-order chi connectivity index (χ1) is 15.2. The molecule has 166 valence electrons. The Labute approximate surface area is 202 Å². The Balaban J connectivity index is 1.73. The molecule has 1 aliphatic heterocycles. The molecule has 0 spiro atoms. The Morgan fingerprint density at radius 1 is 1.16 bits per heavy atom. The average Bonchev–Trinajstić information content (AvgIpc) is 2.74. The van der Waals surface area contributed by atoms with Gasteiger partial charge in [-0.3, -0.25) is 4.79 Å². The molecule has 32 heavy (non-hydrogen) atoms. The molecular weight excluding hydrogens is 488 g/mol. The lowest BCUT2D eigenvalue weighted by Gasteiger charge is -2.40. The first-order valence-corrected chi connectivity index (χ1v) is 11.7. The van der Waals surface area contributed by atoms with E-state index in [4.69, 9.17) is 17.3 Å². The van der Waals surface area contributed by atoms with Crippen LogP contribution in [0.25, 0.3) is 11.1 Å². The third kappa shape index (κ3) is 4.93. The van der Waals surface area contributed by atoms with Crippen molar-refractivity contribution in [3.05, 3.63) is 75.7 Å². The number of nitrogens with two attached hydrogens (primary N) is 1. The molecule has 0 bridgehead atoms. The van der Waals surface area contributed by atoms with Crippen molar-refractivity contribution in [3.63, 3.8) is 0 Å². The van der Waals surface area contributed by atoms with Crippen LogP contribution >= 0.6 is 27.5 Å². The molecule has 1 amide bonds. The molecule has 0 unspecified atom stereocenters. The van der Waals surface area contributed by atoms with E-state index in [9.17, 15) is 4.79 Å². The molecule has 7 heteroatoms. The number of nitrogens with one attached hydrogen (secondary N) is 2. The number of carbonyl (C=O) groups is 1. The smallest absolute Gasteiger partial charge is 0.250 e. The molecule has 5 nitrogen and oxygen atoms in total. The topological polar surface area (TPSA) is 70.4 Å². The van der Waals surface area contributed by atoms with E-state index in [0.29, 0.717) is 16.3 Å². The largest absolute Gasteiger partial charge is 0.368 e. The monoisotopic (exact) mass is 512 g/mol. The lowest BCUT2D eigenvalue weighted by molar-refractivity contribution is 0.100. The third-order valence-corrected chi connectivity index (χ3v) is 6.50. The van der Waals surface area contributed by atoms with E-state index < -0.39 is 5.91 Å². The van der Waals surface area contributed by atoms with Crippen LogP contribution in [0.2, 0.25) is 5.02 Å². The van der Waals surface area contributed by atoms with Crippen LogP contribution in [0.4, 0.5) is 17.1 Å². The molecule has 0 atom stereocenters. The number of hydrogen-bond acceptors (Lipinski definition) is 4. The maximum Gasteiger partial charge on any atom is 0.250 e. The maximum absolute atomic E-state index is 12.2. The lowest BCUT2D eigenvalue weighted by Crippen LogP contribution is -2.57. The SMILES string of the molecule is CC1(C)CN(c2ccc(-c3cccc(C(N)=O)c3Nc3ccc(Cl)cc3)cc2Br)CCN1. The van der Waals surface area contributed by atoms with Crippen molar-refractivity contribution in [1.29, 1.82) is 0 Å². The number of benzene rings is 3. The van der Waals surface area contributed by atoms with Gasteiger partial charge >= 0.3 is 0 Å². The average molecular weight is 514 g/mol. The Bertz CT molecular complexity index is 1150. The van der Waals surface area contributed by atoms with Crippen LogP contribution < -0.4 is 21.3 Å². The quantitative estimate of drug-likeness (QED) is 0.403. The van der Waals surface area contributed by atoms with Crippen LogP contribution in [0.1, 0.15) is 24.2 Å². The minimum absolute atomic E-state index is 0.0574. The first-order valence-electron chi connectivity index (χ1n) is 10.5. The molecule has 3 aromatic carbocycles. The highest BCUT2D eigenvalue weighted by molar-refractivity contribution is 9.10. The Hall–Kier alpha value is -2.54. The van der Waals surface area contributed by atoms with E-state index in [-0.39, 0.29) is 5.54 Å². The van der Waals surface area contributed by atoms with Crippen molar-refractivity contribution in [3.8, 4) is 11.1 Å². The summed E-state index contributed by atoms with van der Waals surface area (Å²) >= 11 is 9.80. The number of halogens is 2. The van der Waals surface area contributed by atoms with Gasteiger partial charge in [0.15, 0.2) is 0 Å². The summed E-state index contributed by atoms with van der Waals surface area (Å²) < 4.78 is 1.01. The molecule has 4 rings (SSSR count). The zero-order chi connectivity index (χ0) is 22.9. The van der Waals surface area contributed by atoms with Gasteiger partial charge in [0.25, 0.3) is 5.91 Å². The zero-order valence-corrected chi connectivity index (χ0v) is 20.4. The van der Waals surface area contributed by atoms with Gasteiger partial charge in [0.05, 0.1) is 16.9 Å². The van der Waals surface area contributed by atoms with Crippen LogP contribution in [-0.2, 0) is 0 Å². The van der Waals surface area contributed by atoms with Crippen molar-refractivity contribution >= 4 is 50.5 Å². The number of carbonyl (C=O) groups excluding carboxylic acids is 1. The predicted octanol–water partition coefficient (Wildman–Crippen LogP) is 5.80. The molecule has 3 aromatic rings. The van der Waals surface area contributed by atoms with Gasteiger partial charge < -0.3 is 21.3 Å². The number of hydrogen-bond donors (Lipinski definition) is 3. The Morgan fingerprint density at radius 3 is 2.56 bits per heavy atom. The van der Waals surface area contributed by atoms with Crippen molar-refractivity contribution < 1.29 is 4.79 Å². The van der Waals surface area contributed by atoms with Crippen molar-refractivity contribution in [2.45, 2.75) is 19.4 Å². The standard InChI is InChI=1S/C25H26BrClN4O/c1-25(2)15-31(13-12-29-25)22-11-6-16(14-21(22)26)19-4-3-5-20(24(28)32)23(19)30-18-9-7-17(27)8-10-18/h3-11,14,29-30H,12-13,15H2,1-2H3,(H2,28,32). The molecular formula is C25H26BrClN4O. The number of primary amides is 1. The second-order valence-electron chi connectivity index (χ2n) is 8.62. The van der Waals surface area contributed by atoms with Crippen LogP contribution in [0.3, 0.4) is 0 Å². The van der Waals surface area contributed by atoms with E-state index in [1.807, 2.05) is 24.3 Å². The molecule has 0 saturated carbocycles. The highest BCUT2D eigenvalue weighted by atomic mass is 79.9. The van der Waals surface area contributed by atoms with Crippen LogP contribution in [0.15, 0.2) is 65.1 Å². The lowest BCUT2D eigenvalue weighted by atomic mass is 9.98. The van der Waals surface area contributed by atoms with Gasteiger partial charge in [0.1, 0.15) is 0 Å². The summed E-state index contributed by atoms with van der Waals surface area (Å²) in [6.45, 7) is 7.24. The van der Waals surface area contributed by atoms with Crippen molar-refractivity contribution in [2.24, 2.45) is 5.73 Å². The Kier molecular flexibility index (Phi) is 6.47. The fourth-order valence-corrected chi connectivity index (χ4v) is 4.84. The van der Waals surface area contributed by atoms with E-state index >= 15 is 0 Å². The minimum Gasteiger partial charge on any atom is -0.368 e. The number of piperazine rings is 1. The third-order valence-electron chi connectivity index (χ3n) is 5.61. The first kappa shape index (κ1) is 22.6. The minimum atomic E-state index is -0.484. The summed E-state index contributed by atoms with van der Waals surface area (Å²) in [5.41, 5.74) is 10.7. The van der Waals surface area contributed by atoms with Gasteiger partial charge in [-0.1, -0.05) is 29.8 Å². The van der Waals surface area contributed by atoms with Gasteiger partial charge in [-0.05, 0) is 77.8 Å². The molecule has 1 aliphatic rings. The predicted molar refractivity (Wildman–Crippen MR) is 137 cm³/mol. The number of para-hydroxylation sites is 1. The number of nitrogens with zero attached hydrogens (tertiary/aromatic N) is 1. The van der Waals surface area contributed by atoms with Crippen molar-refractivity contribution in [2.75, 3.05) is 29.9 Å². The van der Waals surface area contributed by atoms with Gasteiger partial charge in [0, 0.05) is 45.9 Å². The summed E-state index contributed by atoms with van der Waals surface area (Å²) in [4.78, 5) is 14.6. The fourth-order valence-electron chi connectivity index (χ4n) is 4.09. The Morgan fingerprint density at radius 2 is 1.91 bits per heavy atom. The molecule has 0 radical (unpaired) electrons. The summed E-state index contributed by atoms with van der Waals surface area (Å²) in [6, 6.07) is 19.2. The number of anilines is 3. The molecule has 1 heterocycles. The van der Waals surface area contributed by atoms with Gasteiger partial charge in [-0.15, -0.1) is 0 Å². The summed E-state index contributed by atoms with van der Waals surface area (Å²) in [5.74, 6) is -0.484. The molecule has 4 N–H and O–H groups in total. The normalized spacial score (nSPS) is 15.4. The molecule has 0 aromatic heterocycles. The number of rotatable bonds is 5. The fraction of sp³-hybridized carbons (Fsp3) is 0.240. The molecule has 0 aliphatic carbocycles. The van der Waals surface area contributed by atoms with E-state index in [1.54, 1.807) is 18.2 Å². The number of amides is 1. The van der Waals surface area contributed by atoms with Gasteiger partial charge in [-0.25, -0.2) is 0 Å². The van der Waals surface area contributed by atoms with Gasteiger partial charge in [-0.2, -0.15) is 0 Å². The molecule has 1 fully saturated rings. The van der Waals surface area contributed by atoms with Crippen molar-refractivity contribution in [1.82, 2.24) is 5.32 Å². The second kappa shape index (κ2) is 9.14. The maximum atomic E-state index is 12.2. The summed E-state index contributed by atoms with van der Waals surface area (Å²) in [7, 11) is 0. The van der Waals surface area contributed by atoms with E-state index in [2.05, 4.69) is 63.5 Å². The van der Waals surface area contributed by atoms with Crippen LogP contribution in [0, 0.1) is 0 Å². The van der Waals surface area contributed by atoms with Crippen LogP contribution in [-0.4, -0.2) is 31.1 Å². The highest BCUT2D eigenvalue weighted by Crippen LogP contribution is 2.38. The summed E-state index contributed by atoms with van der Waals surface area (Å²) in [5, 5.41) is 7.56. The highest BCUT2D eigenvalue weighted by Gasteiger charge is 2.27. The second-order valence-corrected chi connectivity index (χ2v) is 9.91. The van der Waals surface area contributed by atoms with Gasteiger partial charge in [0.2, 0.25) is 0 Å². The molecule has 1 saturated heterocycles. The van der Waals surface area contributed by atoms with E-state index in [1.165, 1.54) is 0 Å².